The summed E-state index contributed by atoms with van der Waals surface area (Å²) in [6.07, 6.45) is 2.45. The molecule has 0 spiro atoms. The van der Waals surface area contributed by atoms with Crippen LogP contribution in [0.5, 0.6) is 0 Å². The Morgan fingerprint density at radius 3 is 2.58 bits per heavy atom. The van der Waals surface area contributed by atoms with Crippen LogP contribution in [0.3, 0.4) is 0 Å². The molecule has 6 nitrogen and oxygen atoms in total. The van der Waals surface area contributed by atoms with Gasteiger partial charge in [-0.15, -0.1) is 0 Å². The molecule has 0 bridgehead atoms. The zero-order valence-electron chi connectivity index (χ0n) is 11.3. The highest BCUT2D eigenvalue weighted by molar-refractivity contribution is 5.33. The predicted octanol–water partition coefficient (Wildman–Crippen LogP) is 0.500. The lowest BCUT2D eigenvalue weighted by atomic mass is 10.4. The largest absolute Gasteiger partial charge is 0.398 e. The van der Waals surface area contributed by atoms with E-state index in [4.69, 9.17) is 19.9 Å². The highest BCUT2D eigenvalue weighted by atomic mass is 16.5. The van der Waals surface area contributed by atoms with Gasteiger partial charge in [-0.2, -0.15) is 0 Å². The van der Waals surface area contributed by atoms with Crippen molar-refractivity contribution in [1.82, 2.24) is 4.57 Å². The molecular formula is C13H22N2O4. The Balaban J connectivity index is 2.04. The SMILES string of the molecule is COCCOCCCOCCn1cc(N)ccc1=O. The van der Waals surface area contributed by atoms with E-state index in [1.165, 1.54) is 6.07 Å². The fraction of sp³-hybridized carbons (Fsp3) is 0.615. The highest BCUT2D eigenvalue weighted by Gasteiger charge is 1.97. The number of pyridine rings is 1. The molecule has 0 radical (unpaired) electrons. The van der Waals surface area contributed by atoms with Crippen molar-refractivity contribution in [2.75, 3.05) is 45.9 Å². The Morgan fingerprint density at radius 1 is 1.11 bits per heavy atom. The molecule has 0 aromatic carbocycles. The lowest BCUT2D eigenvalue weighted by molar-refractivity contribution is 0.0501. The van der Waals surface area contributed by atoms with Crippen LogP contribution in [-0.4, -0.2) is 44.7 Å². The fourth-order valence-electron chi connectivity index (χ4n) is 1.50. The van der Waals surface area contributed by atoms with Gasteiger partial charge < -0.3 is 24.5 Å². The maximum atomic E-state index is 11.5. The van der Waals surface area contributed by atoms with Crippen LogP contribution in [0.1, 0.15) is 6.42 Å². The van der Waals surface area contributed by atoms with Crippen LogP contribution in [0.2, 0.25) is 0 Å². The molecule has 0 fully saturated rings. The minimum absolute atomic E-state index is 0.0688. The van der Waals surface area contributed by atoms with E-state index in [1.54, 1.807) is 23.9 Å². The summed E-state index contributed by atoms with van der Waals surface area (Å²) in [7, 11) is 1.64. The van der Waals surface area contributed by atoms with E-state index in [0.717, 1.165) is 6.42 Å². The molecule has 1 aromatic heterocycles. The summed E-state index contributed by atoms with van der Waals surface area (Å²) in [5.41, 5.74) is 6.12. The van der Waals surface area contributed by atoms with Gasteiger partial charge in [-0.3, -0.25) is 4.79 Å². The van der Waals surface area contributed by atoms with Crippen LogP contribution in [0.25, 0.3) is 0 Å². The number of rotatable bonds is 10. The highest BCUT2D eigenvalue weighted by Crippen LogP contribution is 1.95. The summed E-state index contributed by atoms with van der Waals surface area (Å²) in [6, 6.07) is 3.05. The van der Waals surface area contributed by atoms with Crippen LogP contribution in [0.15, 0.2) is 23.1 Å². The van der Waals surface area contributed by atoms with Crippen molar-refractivity contribution in [1.29, 1.82) is 0 Å². The lowest BCUT2D eigenvalue weighted by Crippen LogP contribution is -2.21. The molecule has 0 amide bonds. The summed E-state index contributed by atoms with van der Waals surface area (Å²) in [5, 5.41) is 0. The van der Waals surface area contributed by atoms with Crippen molar-refractivity contribution in [3.63, 3.8) is 0 Å². The molecule has 1 aromatic rings. The predicted molar refractivity (Wildman–Crippen MR) is 73.2 cm³/mol. The average Bonchev–Trinajstić information content (AvgIpc) is 2.40. The van der Waals surface area contributed by atoms with Gasteiger partial charge >= 0.3 is 0 Å². The molecule has 19 heavy (non-hydrogen) atoms. The number of nitrogens with two attached hydrogens (primary N) is 1. The number of methoxy groups -OCH3 is 1. The zero-order chi connectivity index (χ0) is 13.9. The molecule has 1 heterocycles. The summed E-state index contributed by atoms with van der Waals surface area (Å²) in [5.74, 6) is 0. The molecule has 108 valence electrons. The third kappa shape index (κ3) is 6.95. The third-order valence-corrected chi connectivity index (χ3v) is 2.49. The van der Waals surface area contributed by atoms with E-state index < -0.39 is 0 Å². The number of aromatic nitrogens is 1. The Kier molecular flexibility index (Phi) is 7.88. The summed E-state index contributed by atoms with van der Waals surface area (Å²) in [4.78, 5) is 11.5. The van der Waals surface area contributed by atoms with Gasteiger partial charge in [-0.1, -0.05) is 0 Å². The number of hydrogen-bond donors (Lipinski definition) is 1. The zero-order valence-corrected chi connectivity index (χ0v) is 11.3. The first-order valence-electron chi connectivity index (χ1n) is 6.34. The Morgan fingerprint density at radius 2 is 1.84 bits per heavy atom. The maximum absolute atomic E-state index is 11.5. The second-order valence-electron chi connectivity index (χ2n) is 4.07. The second-order valence-corrected chi connectivity index (χ2v) is 4.07. The van der Waals surface area contributed by atoms with Crippen molar-refractivity contribution >= 4 is 5.69 Å². The van der Waals surface area contributed by atoms with Gasteiger partial charge in [-0.05, 0) is 12.5 Å². The van der Waals surface area contributed by atoms with Crippen molar-refractivity contribution in [3.8, 4) is 0 Å². The molecule has 0 aliphatic rings. The third-order valence-electron chi connectivity index (χ3n) is 2.49. The minimum Gasteiger partial charge on any atom is -0.398 e. The van der Waals surface area contributed by atoms with Crippen molar-refractivity contribution < 1.29 is 14.2 Å². The first kappa shape index (κ1) is 15.7. The van der Waals surface area contributed by atoms with Crippen LogP contribution in [0, 0.1) is 0 Å². The van der Waals surface area contributed by atoms with E-state index in [1.807, 2.05) is 0 Å². The Labute approximate surface area is 113 Å². The molecule has 0 aliphatic carbocycles. The van der Waals surface area contributed by atoms with Gasteiger partial charge in [0, 0.05) is 44.8 Å². The molecule has 1 rings (SSSR count). The molecular weight excluding hydrogens is 248 g/mol. The molecule has 0 saturated carbocycles. The van der Waals surface area contributed by atoms with Gasteiger partial charge in [0.25, 0.3) is 5.56 Å². The molecule has 0 atom stereocenters. The van der Waals surface area contributed by atoms with Crippen LogP contribution in [0.4, 0.5) is 5.69 Å². The normalized spacial score (nSPS) is 10.8. The van der Waals surface area contributed by atoms with E-state index in [0.29, 0.717) is 45.3 Å². The summed E-state index contributed by atoms with van der Waals surface area (Å²) >= 11 is 0. The van der Waals surface area contributed by atoms with Gasteiger partial charge in [0.15, 0.2) is 0 Å². The maximum Gasteiger partial charge on any atom is 0.250 e. The van der Waals surface area contributed by atoms with Gasteiger partial charge in [0.1, 0.15) is 0 Å². The first-order valence-corrected chi connectivity index (χ1v) is 6.34. The molecule has 0 aliphatic heterocycles. The topological polar surface area (TPSA) is 75.7 Å². The number of hydrogen-bond acceptors (Lipinski definition) is 5. The van der Waals surface area contributed by atoms with Gasteiger partial charge in [0.05, 0.1) is 19.8 Å². The van der Waals surface area contributed by atoms with E-state index in [9.17, 15) is 4.79 Å². The van der Waals surface area contributed by atoms with Crippen LogP contribution < -0.4 is 11.3 Å². The summed E-state index contributed by atoms with van der Waals surface area (Å²) in [6.45, 7) is 3.48. The standard InChI is InChI=1S/C13H22N2O4/c1-17-9-10-19-7-2-6-18-8-5-15-11-12(14)3-4-13(15)16/h3-4,11H,2,5-10,14H2,1H3. The molecule has 0 saturated heterocycles. The van der Waals surface area contributed by atoms with E-state index in [2.05, 4.69) is 0 Å². The van der Waals surface area contributed by atoms with Gasteiger partial charge in [0.2, 0.25) is 0 Å². The number of nitrogens with zero attached hydrogens (tertiary/aromatic N) is 1. The quantitative estimate of drug-likeness (QED) is 0.627. The van der Waals surface area contributed by atoms with E-state index >= 15 is 0 Å². The number of anilines is 1. The Hall–Kier alpha value is -1.37. The average molecular weight is 270 g/mol. The Bertz CT molecular complexity index is 406. The van der Waals surface area contributed by atoms with Crippen molar-refractivity contribution in [2.45, 2.75) is 13.0 Å². The van der Waals surface area contributed by atoms with Crippen molar-refractivity contribution in [3.05, 3.63) is 28.7 Å². The fourth-order valence-corrected chi connectivity index (χ4v) is 1.50. The van der Waals surface area contributed by atoms with Crippen molar-refractivity contribution in [2.24, 2.45) is 0 Å². The first-order chi connectivity index (χ1) is 9.24. The van der Waals surface area contributed by atoms with E-state index in [-0.39, 0.29) is 5.56 Å². The second kappa shape index (κ2) is 9.55. The number of ether oxygens (including phenoxy) is 3. The lowest BCUT2D eigenvalue weighted by Gasteiger charge is -2.07. The van der Waals surface area contributed by atoms with Crippen LogP contribution >= 0.6 is 0 Å². The number of nitrogen functional groups attached to an aromatic ring is 1. The molecule has 6 heteroatoms. The molecule has 2 N–H and O–H groups in total. The molecule has 0 unspecified atom stereocenters. The smallest absolute Gasteiger partial charge is 0.250 e. The monoisotopic (exact) mass is 270 g/mol. The summed E-state index contributed by atoms with van der Waals surface area (Å²) < 4.78 is 17.1. The van der Waals surface area contributed by atoms with Gasteiger partial charge in [-0.25, -0.2) is 0 Å². The minimum atomic E-state index is -0.0688. The van der Waals surface area contributed by atoms with Crippen LogP contribution in [-0.2, 0) is 20.8 Å².